The Balaban J connectivity index is 2.16. The molecule has 3 atom stereocenters. The second-order valence-corrected chi connectivity index (χ2v) is 5.22. The van der Waals surface area contributed by atoms with Crippen molar-refractivity contribution >= 4 is 17.8 Å². The molecular weight excluding hydrogens is 254 g/mol. The SMILES string of the molecule is C[C@@H]1CN(C(=O)C2(C(=O)O)CCCO2)C[C@H]1C(=O)O. The predicted octanol–water partition coefficient (Wildman–Crippen LogP) is -0.201. The van der Waals surface area contributed by atoms with Gasteiger partial charge in [0.15, 0.2) is 0 Å². The zero-order valence-electron chi connectivity index (χ0n) is 10.7. The topological polar surface area (TPSA) is 104 Å². The van der Waals surface area contributed by atoms with Gasteiger partial charge in [0, 0.05) is 19.7 Å². The van der Waals surface area contributed by atoms with Crippen molar-refractivity contribution in [3.8, 4) is 0 Å². The van der Waals surface area contributed by atoms with Crippen LogP contribution in [0.2, 0.25) is 0 Å². The molecule has 0 aliphatic carbocycles. The van der Waals surface area contributed by atoms with Gasteiger partial charge in [-0.1, -0.05) is 6.92 Å². The van der Waals surface area contributed by atoms with Crippen LogP contribution in [0.5, 0.6) is 0 Å². The number of amides is 1. The molecule has 2 fully saturated rings. The first-order valence-corrected chi connectivity index (χ1v) is 6.28. The van der Waals surface area contributed by atoms with Crippen LogP contribution in [0.25, 0.3) is 0 Å². The number of carbonyl (C=O) groups is 3. The summed E-state index contributed by atoms with van der Waals surface area (Å²) in [6.07, 6.45) is 0.660. The van der Waals surface area contributed by atoms with E-state index in [1.165, 1.54) is 4.90 Å². The van der Waals surface area contributed by atoms with Crippen molar-refractivity contribution in [1.29, 1.82) is 0 Å². The summed E-state index contributed by atoms with van der Waals surface area (Å²) in [5.74, 6) is -3.70. The summed E-state index contributed by atoms with van der Waals surface area (Å²) < 4.78 is 5.17. The molecule has 0 aromatic carbocycles. The lowest BCUT2D eigenvalue weighted by molar-refractivity contribution is -0.172. The lowest BCUT2D eigenvalue weighted by Crippen LogP contribution is -2.53. The Hall–Kier alpha value is -1.63. The zero-order valence-corrected chi connectivity index (χ0v) is 10.7. The van der Waals surface area contributed by atoms with E-state index in [2.05, 4.69) is 0 Å². The number of ether oxygens (including phenoxy) is 1. The predicted molar refractivity (Wildman–Crippen MR) is 62.4 cm³/mol. The highest BCUT2D eigenvalue weighted by Gasteiger charge is 2.54. The highest BCUT2D eigenvalue weighted by Crippen LogP contribution is 2.32. The van der Waals surface area contributed by atoms with Gasteiger partial charge in [-0.15, -0.1) is 0 Å². The molecule has 7 nitrogen and oxygen atoms in total. The van der Waals surface area contributed by atoms with Crippen molar-refractivity contribution in [2.75, 3.05) is 19.7 Å². The molecule has 19 heavy (non-hydrogen) atoms. The molecule has 2 heterocycles. The number of carbonyl (C=O) groups excluding carboxylic acids is 1. The Morgan fingerprint density at radius 2 is 1.95 bits per heavy atom. The minimum absolute atomic E-state index is 0.0493. The van der Waals surface area contributed by atoms with E-state index in [0.717, 1.165) is 0 Å². The van der Waals surface area contributed by atoms with Crippen LogP contribution >= 0.6 is 0 Å². The minimum Gasteiger partial charge on any atom is -0.481 e. The maximum Gasteiger partial charge on any atom is 0.345 e. The number of carboxylic acids is 2. The van der Waals surface area contributed by atoms with Crippen LogP contribution in [0.1, 0.15) is 19.8 Å². The highest BCUT2D eigenvalue weighted by molar-refractivity contribution is 6.06. The number of aliphatic carboxylic acids is 2. The molecule has 0 aromatic rings. The fraction of sp³-hybridized carbons (Fsp3) is 0.750. The van der Waals surface area contributed by atoms with Gasteiger partial charge in [-0.05, 0) is 18.8 Å². The monoisotopic (exact) mass is 271 g/mol. The molecule has 2 aliphatic heterocycles. The third-order valence-corrected chi connectivity index (χ3v) is 3.93. The largest absolute Gasteiger partial charge is 0.481 e. The van der Waals surface area contributed by atoms with Crippen LogP contribution in [-0.4, -0.2) is 58.3 Å². The van der Waals surface area contributed by atoms with Crippen LogP contribution in [0.3, 0.4) is 0 Å². The molecule has 0 saturated carbocycles. The number of nitrogens with zero attached hydrogens (tertiary/aromatic N) is 1. The minimum atomic E-state index is -1.81. The number of hydrogen-bond acceptors (Lipinski definition) is 4. The standard InChI is InChI=1S/C12H17NO6/c1-7-5-13(6-8(7)9(14)15)10(16)12(11(17)18)3-2-4-19-12/h7-8H,2-6H2,1H3,(H,14,15)(H,17,18)/t7-,8-,12?/m1/s1. The lowest BCUT2D eigenvalue weighted by atomic mass is 9.98. The quantitative estimate of drug-likeness (QED) is 0.689. The van der Waals surface area contributed by atoms with Crippen LogP contribution < -0.4 is 0 Å². The third-order valence-electron chi connectivity index (χ3n) is 3.93. The Morgan fingerprint density at radius 1 is 1.26 bits per heavy atom. The van der Waals surface area contributed by atoms with Gasteiger partial charge in [0.25, 0.3) is 5.91 Å². The molecule has 2 N–H and O–H groups in total. The molecule has 2 aliphatic rings. The summed E-state index contributed by atoms with van der Waals surface area (Å²) in [7, 11) is 0. The molecule has 106 valence electrons. The summed E-state index contributed by atoms with van der Waals surface area (Å²) in [6, 6.07) is 0. The Bertz CT molecular complexity index is 414. The zero-order chi connectivity index (χ0) is 14.2. The van der Waals surface area contributed by atoms with E-state index < -0.39 is 29.4 Å². The number of likely N-dealkylation sites (tertiary alicyclic amines) is 1. The van der Waals surface area contributed by atoms with Gasteiger partial charge in [-0.3, -0.25) is 9.59 Å². The summed E-state index contributed by atoms with van der Waals surface area (Å²) in [6.45, 7) is 2.29. The Kier molecular flexibility index (Phi) is 3.49. The van der Waals surface area contributed by atoms with Gasteiger partial charge in [-0.25, -0.2) is 4.79 Å². The van der Waals surface area contributed by atoms with Crippen molar-refractivity contribution in [2.45, 2.75) is 25.4 Å². The van der Waals surface area contributed by atoms with E-state index in [1.807, 2.05) is 0 Å². The van der Waals surface area contributed by atoms with Crippen molar-refractivity contribution in [2.24, 2.45) is 11.8 Å². The van der Waals surface area contributed by atoms with Gasteiger partial charge in [-0.2, -0.15) is 0 Å². The van der Waals surface area contributed by atoms with Gasteiger partial charge >= 0.3 is 11.9 Å². The van der Waals surface area contributed by atoms with Crippen molar-refractivity contribution in [1.82, 2.24) is 4.90 Å². The molecule has 7 heteroatoms. The average Bonchev–Trinajstić information content (AvgIpc) is 2.94. The average molecular weight is 271 g/mol. The van der Waals surface area contributed by atoms with E-state index in [0.29, 0.717) is 6.42 Å². The second-order valence-electron chi connectivity index (χ2n) is 5.22. The number of hydrogen-bond donors (Lipinski definition) is 2. The van der Waals surface area contributed by atoms with Gasteiger partial charge < -0.3 is 19.8 Å². The number of rotatable bonds is 3. The molecule has 2 rings (SSSR count). The molecule has 0 bridgehead atoms. The van der Waals surface area contributed by atoms with E-state index in [9.17, 15) is 19.5 Å². The van der Waals surface area contributed by atoms with Crippen molar-refractivity contribution < 1.29 is 29.3 Å². The van der Waals surface area contributed by atoms with E-state index in [1.54, 1.807) is 6.92 Å². The van der Waals surface area contributed by atoms with Gasteiger partial charge in [0.05, 0.1) is 5.92 Å². The Morgan fingerprint density at radius 3 is 2.37 bits per heavy atom. The van der Waals surface area contributed by atoms with Crippen molar-refractivity contribution in [3.05, 3.63) is 0 Å². The lowest BCUT2D eigenvalue weighted by Gasteiger charge is -2.27. The van der Waals surface area contributed by atoms with E-state index in [-0.39, 0.29) is 32.0 Å². The second kappa shape index (κ2) is 4.80. The third kappa shape index (κ3) is 2.18. The summed E-state index contributed by atoms with van der Waals surface area (Å²) in [4.78, 5) is 36.0. The van der Waals surface area contributed by atoms with Crippen LogP contribution in [0, 0.1) is 11.8 Å². The smallest absolute Gasteiger partial charge is 0.345 e. The van der Waals surface area contributed by atoms with Crippen LogP contribution in [0.15, 0.2) is 0 Å². The molecule has 0 radical (unpaired) electrons. The summed E-state index contributed by atoms with van der Waals surface area (Å²) >= 11 is 0. The van der Waals surface area contributed by atoms with Crippen LogP contribution in [0.4, 0.5) is 0 Å². The molecule has 0 aromatic heterocycles. The molecule has 2 saturated heterocycles. The first-order chi connectivity index (χ1) is 8.88. The molecule has 1 amide bonds. The highest BCUT2D eigenvalue weighted by atomic mass is 16.5. The summed E-state index contributed by atoms with van der Waals surface area (Å²) in [5.41, 5.74) is -1.81. The fourth-order valence-corrected chi connectivity index (χ4v) is 2.78. The Labute approximate surface area is 110 Å². The fourth-order valence-electron chi connectivity index (χ4n) is 2.78. The maximum atomic E-state index is 12.4. The van der Waals surface area contributed by atoms with Crippen LogP contribution in [-0.2, 0) is 19.1 Å². The number of carboxylic acid groups (broad SMARTS) is 2. The summed E-state index contributed by atoms with van der Waals surface area (Å²) in [5, 5.41) is 18.3. The molecular formula is C12H17NO6. The molecule has 1 unspecified atom stereocenters. The van der Waals surface area contributed by atoms with Gasteiger partial charge in [0.1, 0.15) is 0 Å². The normalized spacial score (nSPS) is 34.5. The van der Waals surface area contributed by atoms with Crippen molar-refractivity contribution in [3.63, 3.8) is 0 Å². The van der Waals surface area contributed by atoms with Gasteiger partial charge in [0.2, 0.25) is 5.60 Å². The van der Waals surface area contributed by atoms with E-state index in [4.69, 9.17) is 9.84 Å². The van der Waals surface area contributed by atoms with E-state index >= 15 is 0 Å². The first kappa shape index (κ1) is 13.8. The first-order valence-electron chi connectivity index (χ1n) is 6.28. The maximum absolute atomic E-state index is 12.4. The molecule has 0 spiro atoms.